The fourth-order valence-corrected chi connectivity index (χ4v) is 4.83. The van der Waals surface area contributed by atoms with Crippen LogP contribution in [0.3, 0.4) is 0 Å². The molecule has 0 aliphatic carbocycles. The van der Waals surface area contributed by atoms with Crippen LogP contribution in [0.4, 0.5) is 0 Å². The zero-order chi connectivity index (χ0) is 20.4. The lowest BCUT2D eigenvalue weighted by molar-refractivity contribution is -0.118. The summed E-state index contributed by atoms with van der Waals surface area (Å²) < 4.78 is 0. The second-order valence-corrected chi connectivity index (χ2v) is 9.58. The van der Waals surface area contributed by atoms with Crippen molar-refractivity contribution in [3.8, 4) is 0 Å². The molecule has 1 heterocycles. The van der Waals surface area contributed by atoms with E-state index in [9.17, 15) is 4.79 Å². The van der Waals surface area contributed by atoms with Crippen molar-refractivity contribution in [3.63, 3.8) is 0 Å². The smallest absolute Gasteiger partial charge is 0.137 e. The predicted molar refractivity (Wildman–Crippen MR) is 128 cm³/mol. The molecule has 0 fully saturated rings. The minimum atomic E-state index is 0.413. The number of rotatable bonds is 17. The highest BCUT2D eigenvalue weighted by Gasteiger charge is 2.09. The third-order valence-corrected chi connectivity index (χ3v) is 6.72. The Morgan fingerprint density at radius 2 is 1.38 bits per heavy atom. The number of unbranched alkanes of at least 4 members (excludes halogenated alkanes) is 11. The van der Waals surface area contributed by atoms with Crippen molar-refractivity contribution < 1.29 is 4.79 Å². The Kier molecular flexibility index (Phi) is 13.7. The van der Waals surface area contributed by atoms with Crippen molar-refractivity contribution in [2.24, 2.45) is 0 Å². The zero-order valence-electron chi connectivity index (χ0n) is 18.3. The molecule has 29 heavy (non-hydrogen) atoms. The van der Waals surface area contributed by atoms with Crippen LogP contribution in [0.1, 0.15) is 95.5 Å². The summed E-state index contributed by atoms with van der Waals surface area (Å²) in [6, 6.07) is 10.9. The van der Waals surface area contributed by atoms with Crippen LogP contribution in [0.5, 0.6) is 0 Å². The van der Waals surface area contributed by atoms with E-state index in [1.165, 1.54) is 87.5 Å². The molecule has 0 atom stereocenters. The maximum Gasteiger partial charge on any atom is 0.137 e. The lowest BCUT2D eigenvalue weighted by atomic mass is 10.0. The van der Waals surface area contributed by atoms with Gasteiger partial charge in [-0.1, -0.05) is 94.5 Å². The SMILES string of the molecule is O=C(CCCCCCCCCCCCCCc1ccccc1)CC1=CNCCS1. The predicted octanol–water partition coefficient (Wildman–Crippen LogP) is 7.44. The Hall–Kier alpha value is -1.22. The molecule has 1 aromatic rings. The summed E-state index contributed by atoms with van der Waals surface area (Å²) >= 11 is 1.83. The Labute approximate surface area is 183 Å². The van der Waals surface area contributed by atoms with Gasteiger partial charge in [0.2, 0.25) is 0 Å². The first kappa shape index (κ1) is 24.1. The number of benzene rings is 1. The number of carbonyl (C=O) groups excluding carboxylic acids is 1. The Morgan fingerprint density at radius 3 is 1.97 bits per heavy atom. The van der Waals surface area contributed by atoms with Crippen LogP contribution in [-0.2, 0) is 11.2 Å². The maximum atomic E-state index is 12.0. The monoisotopic (exact) mass is 415 g/mol. The van der Waals surface area contributed by atoms with Gasteiger partial charge >= 0.3 is 0 Å². The lowest BCUT2D eigenvalue weighted by Crippen LogP contribution is -2.15. The van der Waals surface area contributed by atoms with E-state index in [1.54, 1.807) is 0 Å². The van der Waals surface area contributed by atoms with Crippen LogP contribution in [0.25, 0.3) is 0 Å². The van der Waals surface area contributed by atoms with E-state index in [2.05, 4.69) is 35.6 Å². The molecule has 0 saturated heterocycles. The molecule has 2 rings (SSSR count). The fraction of sp³-hybridized carbons (Fsp3) is 0.654. The van der Waals surface area contributed by atoms with E-state index in [1.807, 2.05) is 18.0 Å². The molecule has 0 saturated carbocycles. The second-order valence-electron chi connectivity index (χ2n) is 8.36. The first-order chi connectivity index (χ1) is 14.3. The van der Waals surface area contributed by atoms with Gasteiger partial charge in [0, 0.05) is 36.2 Å². The first-order valence-electron chi connectivity index (χ1n) is 12.0. The summed E-state index contributed by atoms with van der Waals surface area (Å²) in [4.78, 5) is 13.2. The molecule has 1 N–H and O–H groups in total. The number of thioether (sulfide) groups is 1. The molecule has 0 amide bonds. The molecule has 0 radical (unpaired) electrons. The molecular formula is C26H41NOS. The highest BCUT2D eigenvalue weighted by atomic mass is 32.2. The van der Waals surface area contributed by atoms with Gasteiger partial charge in [-0.2, -0.15) is 0 Å². The van der Waals surface area contributed by atoms with Gasteiger partial charge in [-0.15, -0.1) is 11.8 Å². The summed E-state index contributed by atoms with van der Waals surface area (Å²) in [5, 5.41) is 3.23. The van der Waals surface area contributed by atoms with Crippen LogP contribution in [0.15, 0.2) is 41.4 Å². The van der Waals surface area contributed by atoms with E-state index in [0.717, 1.165) is 25.1 Å². The zero-order valence-corrected chi connectivity index (χ0v) is 19.1. The van der Waals surface area contributed by atoms with Gasteiger partial charge in [-0.05, 0) is 24.8 Å². The largest absolute Gasteiger partial charge is 0.389 e. The number of Topliss-reactive ketones (excluding diaryl/α,β-unsaturated/α-hetero) is 1. The average Bonchev–Trinajstić information content (AvgIpc) is 2.75. The lowest BCUT2D eigenvalue weighted by Gasteiger charge is -2.12. The Balaban J connectivity index is 1.28. The van der Waals surface area contributed by atoms with Crippen LogP contribution in [0.2, 0.25) is 0 Å². The van der Waals surface area contributed by atoms with Crippen molar-refractivity contribution >= 4 is 17.5 Å². The first-order valence-corrected chi connectivity index (χ1v) is 12.9. The number of ketones is 1. The van der Waals surface area contributed by atoms with Gasteiger partial charge in [0.1, 0.15) is 5.78 Å². The number of carbonyl (C=O) groups is 1. The quantitative estimate of drug-likeness (QED) is 0.268. The number of hydrogen-bond acceptors (Lipinski definition) is 3. The maximum absolute atomic E-state index is 12.0. The number of hydrogen-bond donors (Lipinski definition) is 1. The van der Waals surface area contributed by atoms with Crippen molar-refractivity contribution in [1.82, 2.24) is 5.32 Å². The summed E-state index contributed by atoms with van der Waals surface area (Å²) in [5.41, 5.74) is 1.48. The van der Waals surface area contributed by atoms with Gasteiger partial charge in [0.15, 0.2) is 0 Å². The average molecular weight is 416 g/mol. The van der Waals surface area contributed by atoms with Crippen molar-refractivity contribution in [2.75, 3.05) is 12.3 Å². The minimum absolute atomic E-state index is 0.413. The van der Waals surface area contributed by atoms with Crippen LogP contribution < -0.4 is 5.32 Å². The Morgan fingerprint density at radius 1 is 0.793 bits per heavy atom. The molecule has 0 aromatic heterocycles. The van der Waals surface area contributed by atoms with E-state index in [4.69, 9.17) is 0 Å². The molecule has 1 aliphatic heterocycles. The van der Waals surface area contributed by atoms with E-state index in [-0.39, 0.29) is 0 Å². The normalized spacial score (nSPS) is 13.7. The van der Waals surface area contributed by atoms with Gasteiger partial charge in [0.25, 0.3) is 0 Å². The summed E-state index contributed by atoms with van der Waals surface area (Å²) in [6.45, 7) is 1.02. The van der Waals surface area contributed by atoms with Crippen molar-refractivity contribution in [3.05, 3.63) is 47.0 Å². The number of aryl methyl sites for hydroxylation is 1. The summed E-state index contributed by atoms with van der Waals surface area (Å²) in [6.07, 6.45) is 20.7. The van der Waals surface area contributed by atoms with Gasteiger partial charge in [-0.3, -0.25) is 4.79 Å². The van der Waals surface area contributed by atoms with E-state index >= 15 is 0 Å². The number of nitrogens with one attached hydrogen (secondary N) is 1. The van der Waals surface area contributed by atoms with E-state index < -0.39 is 0 Å². The molecule has 3 heteroatoms. The Bertz CT molecular complexity index is 569. The molecule has 0 unspecified atom stereocenters. The van der Waals surface area contributed by atoms with Gasteiger partial charge in [-0.25, -0.2) is 0 Å². The van der Waals surface area contributed by atoms with Crippen LogP contribution in [-0.4, -0.2) is 18.1 Å². The van der Waals surface area contributed by atoms with Gasteiger partial charge in [0.05, 0.1) is 0 Å². The molecule has 0 bridgehead atoms. The highest BCUT2D eigenvalue weighted by Crippen LogP contribution is 2.22. The topological polar surface area (TPSA) is 29.1 Å². The molecule has 162 valence electrons. The third kappa shape index (κ3) is 12.8. The standard InChI is InChI=1S/C26H41NOS/c28-25(22-26-23-27-20-21-29-26)19-15-10-8-6-4-2-1-3-5-7-9-12-16-24-17-13-11-14-18-24/h11,13-14,17-18,23,27H,1-10,12,15-16,19-22H2. The van der Waals surface area contributed by atoms with Crippen molar-refractivity contribution in [2.45, 2.75) is 96.3 Å². The van der Waals surface area contributed by atoms with Gasteiger partial charge < -0.3 is 5.32 Å². The highest BCUT2D eigenvalue weighted by molar-refractivity contribution is 8.03. The fourth-order valence-electron chi connectivity index (χ4n) is 3.92. The molecule has 1 aliphatic rings. The molecule has 2 nitrogen and oxygen atoms in total. The molecule has 0 spiro atoms. The van der Waals surface area contributed by atoms with Crippen LogP contribution in [0, 0.1) is 0 Å². The summed E-state index contributed by atoms with van der Waals surface area (Å²) in [7, 11) is 0. The van der Waals surface area contributed by atoms with Crippen LogP contribution >= 0.6 is 11.8 Å². The molecular weight excluding hydrogens is 374 g/mol. The van der Waals surface area contributed by atoms with Crippen molar-refractivity contribution in [1.29, 1.82) is 0 Å². The second kappa shape index (κ2) is 16.6. The summed E-state index contributed by atoms with van der Waals surface area (Å²) in [5.74, 6) is 1.50. The molecule has 1 aromatic carbocycles. The minimum Gasteiger partial charge on any atom is -0.389 e. The van der Waals surface area contributed by atoms with E-state index in [0.29, 0.717) is 12.2 Å². The number of allylic oxidation sites excluding steroid dienone is 1. The third-order valence-electron chi connectivity index (χ3n) is 5.68.